The fraction of sp³-hybridized carbons (Fsp3) is 0.125. The maximum Gasteiger partial charge on any atom is 0.251 e. The summed E-state index contributed by atoms with van der Waals surface area (Å²) in [6, 6.07) is 8.96. The van der Waals surface area contributed by atoms with Crippen molar-refractivity contribution >= 4 is 34.5 Å². The normalized spacial score (nSPS) is 10.9. The molecule has 22 heavy (non-hydrogen) atoms. The number of pyridine rings is 1. The average molecular weight is 351 g/mol. The molecule has 0 aliphatic heterocycles. The van der Waals surface area contributed by atoms with Gasteiger partial charge in [0.2, 0.25) is 0 Å². The second-order valence-electron chi connectivity index (χ2n) is 4.93. The number of benzene rings is 1. The van der Waals surface area contributed by atoms with Crippen LogP contribution in [0.2, 0.25) is 10.0 Å². The summed E-state index contributed by atoms with van der Waals surface area (Å²) in [7, 11) is 0. The summed E-state index contributed by atoms with van der Waals surface area (Å²) in [4.78, 5) is 16.5. The molecule has 3 nitrogen and oxygen atoms in total. The molecule has 1 aromatic carbocycles. The van der Waals surface area contributed by atoms with Crippen LogP contribution in [-0.4, -0.2) is 9.55 Å². The maximum atomic E-state index is 11.9. The van der Waals surface area contributed by atoms with Gasteiger partial charge in [-0.15, -0.1) is 11.3 Å². The summed E-state index contributed by atoms with van der Waals surface area (Å²) in [6.45, 7) is 2.36. The number of nitrogens with zero attached hydrogens (tertiary/aromatic N) is 2. The van der Waals surface area contributed by atoms with E-state index in [0.29, 0.717) is 16.6 Å². The number of hydrogen-bond acceptors (Lipinski definition) is 3. The van der Waals surface area contributed by atoms with E-state index in [1.165, 1.54) is 11.3 Å². The van der Waals surface area contributed by atoms with Crippen LogP contribution < -0.4 is 5.56 Å². The molecule has 2 heterocycles. The Bertz CT molecular complexity index is 886. The Labute approximate surface area is 141 Å². The van der Waals surface area contributed by atoms with E-state index in [2.05, 4.69) is 4.98 Å². The molecule has 6 heteroatoms. The Hall–Kier alpha value is -1.62. The summed E-state index contributed by atoms with van der Waals surface area (Å²) < 4.78 is 1.64. The first-order valence-electron chi connectivity index (χ1n) is 6.60. The molecule has 0 atom stereocenters. The molecule has 0 saturated carbocycles. The van der Waals surface area contributed by atoms with Gasteiger partial charge in [0.25, 0.3) is 5.56 Å². The lowest BCUT2D eigenvalue weighted by molar-refractivity contribution is 0.752. The van der Waals surface area contributed by atoms with Crippen molar-refractivity contribution in [3.63, 3.8) is 0 Å². The number of thiazole rings is 1. The van der Waals surface area contributed by atoms with Crippen molar-refractivity contribution in [3.8, 4) is 11.3 Å². The maximum absolute atomic E-state index is 11.9. The molecular weight excluding hydrogens is 339 g/mol. The van der Waals surface area contributed by atoms with Gasteiger partial charge < -0.3 is 4.57 Å². The van der Waals surface area contributed by atoms with E-state index in [0.717, 1.165) is 21.8 Å². The Morgan fingerprint density at radius 1 is 1.18 bits per heavy atom. The topological polar surface area (TPSA) is 34.9 Å². The minimum atomic E-state index is -0.0220. The van der Waals surface area contributed by atoms with Gasteiger partial charge in [-0.3, -0.25) is 4.79 Å². The molecule has 0 aliphatic rings. The molecule has 0 aliphatic carbocycles. The number of rotatable bonds is 3. The smallest absolute Gasteiger partial charge is 0.251 e. The summed E-state index contributed by atoms with van der Waals surface area (Å²) in [5.41, 5.74) is 2.68. The van der Waals surface area contributed by atoms with E-state index in [1.807, 2.05) is 24.4 Å². The highest BCUT2D eigenvalue weighted by atomic mass is 35.5. The molecule has 0 spiro atoms. The molecule has 112 valence electrons. The zero-order valence-electron chi connectivity index (χ0n) is 11.7. The van der Waals surface area contributed by atoms with Gasteiger partial charge >= 0.3 is 0 Å². The number of aromatic nitrogens is 2. The van der Waals surface area contributed by atoms with Gasteiger partial charge in [0.05, 0.1) is 22.3 Å². The van der Waals surface area contributed by atoms with Crippen molar-refractivity contribution in [3.05, 3.63) is 72.9 Å². The Kier molecular flexibility index (Phi) is 4.34. The Balaban J connectivity index is 1.87. The highest BCUT2D eigenvalue weighted by Gasteiger charge is 2.08. The quantitative estimate of drug-likeness (QED) is 0.689. The first-order chi connectivity index (χ1) is 10.5. The summed E-state index contributed by atoms with van der Waals surface area (Å²) in [6.07, 6.45) is 1.79. The van der Waals surface area contributed by atoms with Gasteiger partial charge in [-0.2, -0.15) is 0 Å². The van der Waals surface area contributed by atoms with Gasteiger partial charge in [0.15, 0.2) is 0 Å². The fourth-order valence-electron chi connectivity index (χ4n) is 2.05. The fourth-order valence-corrected chi connectivity index (χ4v) is 3.15. The third-order valence-corrected chi connectivity index (χ3v) is 4.80. The van der Waals surface area contributed by atoms with Crippen LogP contribution in [0.5, 0.6) is 0 Å². The van der Waals surface area contributed by atoms with Gasteiger partial charge in [0, 0.05) is 23.2 Å². The molecule has 0 N–H and O–H groups in total. The van der Waals surface area contributed by atoms with E-state index in [9.17, 15) is 4.79 Å². The minimum absolute atomic E-state index is 0.0220. The third kappa shape index (κ3) is 3.24. The van der Waals surface area contributed by atoms with Gasteiger partial charge in [0.1, 0.15) is 5.01 Å². The predicted molar refractivity (Wildman–Crippen MR) is 92.1 cm³/mol. The van der Waals surface area contributed by atoms with E-state index in [4.69, 9.17) is 23.2 Å². The largest absolute Gasteiger partial charge is 0.309 e. The molecule has 2 aromatic heterocycles. The lowest BCUT2D eigenvalue weighted by atomic mass is 10.2. The average Bonchev–Trinajstić information content (AvgIpc) is 2.93. The molecule has 0 fully saturated rings. The standard InChI is InChI=1S/C16H12Cl2N2OS/c1-10-4-5-20(16(21)6-10)8-15-19-14(9-22-15)11-2-3-12(17)13(18)7-11/h2-7,9H,8H2,1H3. The van der Waals surface area contributed by atoms with Crippen LogP contribution in [0.15, 0.2) is 46.7 Å². The van der Waals surface area contributed by atoms with Gasteiger partial charge in [-0.05, 0) is 30.7 Å². The van der Waals surface area contributed by atoms with Crippen LogP contribution in [0.4, 0.5) is 0 Å². The van der Waals surface area contributed by atoms with Crippen LogP contribution >= 0.6 is 34.5 Å². The van der Waals surface area contributed by atoms with Crippen molar-refractivity contribution in [2.75, 3.05) is 0 Å². The second-order valence-corrected chi connectivity index (χ2v) is 6.68. The zero-order chi connectivity index (χ0) is 15.7. The van der Waals surface area contributed by atoms with E-state index in [1.54, 1.807) is 29.0 Å². The van der Waals surface area contributed by atoms with Crippen LogP contribution in [0.1, 0.15) is 10.6 Å². The molecule has 0 radical (unpaired) electrons. The summed E-state index contributed by atoms with van der Waals surface area (Å²) in [5.74, 6) is 0. The van der Waals surface area contributed by atoms with Crippen molar-refractivity contribution in [1.82, 2.24) is 9.55 Å². The van der Waals surface area contributed by atoms with Crippen LogP contribution in [0, 0.1) is 6.92 Å². The highest BCUT2D eigenvalue weighted by molar-refractivity contribution is 7.09. The highest BCUT2D eigenvalue weighted by Crippen LogP contribution is 2.29. The van der Waals surface area contributed by atoms with Crippen molar-refractivity contribution in [1.29, 1.82) is 0 Å². The molecule has 3 rings (SSSR count). The first-order valence-corrected chi connectivity index (χ1v) is 8.23. The summed E-state index contributed by atoms with van der Waals surface area (Å²) in [5, 5.41) is 3.84. The number of halogens is 2. The number of hydrogen-bond donors (Lipinski definition) is 0. The second kappa shape index (κ2) is 6.24. The first kappa shape index (κ1) is 15.3. The van der Waals surface area contributed by atoms with E-state index >= 15 is 0 Å². The lowest BCUT2D eigenvalue weighted by Gasteiger charge is -2.03. The molecular formula is C16H12Cl2N2OS. The zero-order valence-corrected chi connectivity index (χ0v) is 14.0. The predicted octanol–water partition coefficient (Wildman–Crippen LogP) is 4.64. The number of aryl methyl sites for hydroxylation is 1. The van der Waals surface area contributed by atoms with Crippen LogP contribution in [0.25, 0.3) is 11.3 Å². The molecule has 0 amide bonds. The molecule has 0 unspecified atom stereocenters. The Morgan fingerprint density at radius 3 is 2.73 bits per heavy atom. The van der Waals surface area contributed by atoms with E-state index < -0.39 is 0 Å². The minimum Gasteiger partial charge on any atom is -0.309 e. The van der Waals surface area contributed by atoms with Crippen molar-refractivity contribution in [2.24, 2.45) is 0 Å². The van der Waals surface area contributed by atoms with Gasteiger partial charge in [-0.25, -0.2) is 4.98 Å². The summed E-state index contributed by atoms with van der Waals surface area (Å²) >= 11 is 13.5. The lowest BCUT2D eigenvalue weighted by Crippen LogP contribution is -2.19. The van der Waals surface area contributed by atoms with E-state index in [-0.39, 0.29) is 5.56 Å². The van der Waals surface area contributed by atoms with Crippen molar-refractivity contribution < 1.29 is 0 Å². The van der Waals surface area contributed by atoms with Crippen LogP contribution in [0.3, 0.4) is 0 Å². The molecule has 3 aromatic rings. The molecule has 0 saturated heterocycles. The molecule has 0 bridgehead atoms. The third-order valence-electron chi connectivity index (χ3n) is 3.22. The van der Waals surface area contributed by atoms with Crippen LogP contribution in [-0.2, 0) is 6.54 Å². The SMILES string of the molecule is Cc1ccn(Cc2nc(-c3ccc(Cl)c(Cl)c3)cs2)c(=O)c1. The monoisotopic (exact) mass is 350 g/mol. The Morgan fingerprint density at radius 2 is 2.00 bits per heavy atom. The van der Waals surface area contributed by atoms with Crippen molar-refractivity contribution in [2.45, 2.75) is 13.5 Å². The van der Waals surface area contributed by atoms with Gasteiger partial charge in [-0.1, -0.05) is 29.3 Å².